The van der Waals surface area contributed by atoms with E-state index >= 15 is 0 Å². The molecule has 15 N–H and O–H groups in total. The average molecular weight is 426 g/mol. The van der Waals surface area contributed by atoms with Crippen LogP contribution in [-0.2, 0) is 4.74 Å². The summed E-state index contributed by atoms with van der Waals surface area (Å²) in [6.45, 7) is 0. The maximum absolute atomic E-state index is 12.1. The van der Waals surface area contributed by atoms with Crippen molar-refractivity contribution >= 4 is 23.0 Å². The molecule has 14 heteroatoms. The molecule has 0 atom stereocenters. The number of carbonyl (C=O) groups excluding carboxylic acids is 1. The van der Waals surface area contributed by atoms with Gasteiger partial charge in [-0.3, -0.25) is 17.2 Å². The van der Waals surface area contributed by atoms with E-state index in [0.717, 1.165) is 13.2 Å². The fraction of sp³-hybridized carbons (Fsp3) is 0.188. The van der Waals surface area contributed by atoms with Crippen molar-refractivity contribution in [2.24, 2.45) is 17.2 Å². The minimum Gasteiger partial charge on any atom is -0.465 e. The second-order valence-electron chi connectivity index (χ2n) is 6.01. The number of ether oxygens (including phenoxy) is 4. The van der Waals surface area contributed by atoms with Gasteiger partial charge in [0.25, 0.3) is 5.97 Å². The summed E-state index contributed by atoms with van der Waals surface area (Å²) in [5, 5.41) is 27.7. The first kappa shape index (κ1) is 22.8. The zero-order valence-electron chi connectivity index (χ0n) is 15.7. The molecule has 2 aromatic carbocycles. The Bertz CT molecular complexity index is 954. The van der Waals surface area contributed by atoms with Crippen molar-refractivity contribution in [3.63, 3.8) is 0 Å². The van der Waals surface area contributed by atoms with E-state index in [-0.39, 0.29) is 34.2 Å². The fourth-order valence-corrected chi connectivity index (χ4v) is 2.34. The Balaban J connectivity index is 2.62. The quantitative estimate of drug-likeness (QED) is 0.130. The summed E-state index contributed by atoms with van der Waals surface area (Å²) in [6.07, 6.45) is -3.67. The largest absolute Gasteiger partial charge is 0.465 e. The summed E-state index contributed by atoms with van der Waals surface area (Å²) in [4.78, 5) is 12.1. The third kappa shape index (κ3) is 5.51. The normalized spacial score (nSPS) is 11.7. The van der Waals surface area contributed by atoms with Crippen LogP contribution in [0.4, 0.5) is 17.1 Å². The number of hydrogen-bond acceptors (Lipinski definition) is 14. The maximum Gasteiger partial charge on any atom is 0.453 e. The van der Waals surface area contributed by atoms with Crippen LogP contribution in [0.3, 0.4) is 0 Å². The van der Waals surface area contributed by atoms with Gasteiger partial charge in [0.1, 0.15) is 17.0 Å². The summed E-state index contributed by atoms with van der Waals surface area (Å²) in [6, 6.07) is 4.88. The fourth-order valence-electron chi connectivity index (χ4n) is 2.34. The lowest BCUT2D eigenvalue weighted by atomic mass is 10.1. The third-order valence-electron chi connectivity index (χ3n) is 3.41. The first-order valence-corrected chi connectivity index (χ1v) is 8.01. The summed E-state index contributed by atoms with van der Waals surface area (Å²) < 4.78 is 19.9. The molecule has 0 saturated carbocycles. The van der Waals surface area contributed by atoms with E-state index in [2.05, 4.69) is 9.47 Å². The van der Waals surface area contributed by atoms with E-state index in [4.69, 9.17) is 43.9 Å². The van der Waals surface area contributed by atoms with Gasteiger partial charge in [0, 0.05) is 11.8 Å². The topological polar surface area (TPSA) is 271 Å². The Morgan fingerprint density at radius 2 is 1.53 bits per heavy atom. The molecule has 164 valence electrons. The van der Waals surface area contributed by atoms with Crippen LogP contribution in [-0.4, -0.2) is 40.5 Å². The van der Waals surface area contributed by atoms with Crippen molar-refractivity contribution in [2.75, 3.05) is 24.3 Å². The highest BCUT2D eigenvalue weighted by Gasteiger charge is 2.29. The predicted octanol–water partition coefficient (Wildman–Crippen LogP) is -2.15. The molecule has 0 bridgehead atoms. The van der Waals surface area contributed by atoms with Crippen molar-refractivity contribution in [3.8, 4) is 23.0 Å². The molecular formula is C16H22N6O8. The standard InChI is InChI=1S/C16H22N6O8/c1-27-14(23)11-7(18)4-6(17)5-10(11)28-9-3-2-8(29-15(20,21)22)12(19)13(9)30-16(24,25)26/h2-5,24-26H,17-22H2,1H3. The third-order valence-corrected chi connectivity index (χ3v) is 3.41. The van der Waals surface area contributed by atoms with Crippen LogP contribution in [0.15, 0.2) is 24.3 Å². The predicted molar refractivity (Wildman–Crippen MR) is 103 cm³/mol. The Kier molecular flexibility index (Phi) is 6.12. The molecule has 0 amide bonds. The highest BCUT2D eigenvalue weighted by molar-refractivity contribution is 5.99. The zero-order chi connectivity index (χ0) is 22.9. The molecule has 2 aromatic rings. The lowest BCUT2D eigenvalue weighted by molar-refractivity contribution is -0.419. The van der Waals surface area contributed by atoms with Crippen LogP contribution >= 0.6 is 0 Å². The van der Waals surface area contributed by atoms with E-state index in [1.807, 2.05) is 0 Å². The van der Waals surface area contributed by atoms with Crippen LogP contribution in [0, 0.1) is 0 Å². The molecule has 0 aliphatic rings. The van der Waals surface area contributed by atoms with Crippen molar-refractivity contribution in [3.05, 3.63) is 29.8 Å². The van der Waals surface area contributed by atoms with Gasteiger partial charge in [-0.1, -0.05) is 0 Å². The molecule has 0 saturated heterocycles. The molecule has 0 heterocycles. The first-order valence-electron chi connectivity index (χ1n) is 8.01. The van der Waals surface area contributed by atoms with Gasteiger partial charge in [0.2, 0.25) is 0 Å². The number of nitrogens with two attached hydrogens (primary N) is 6. The molecular weight excluding hydrogens is 404 g/mol. The molecule has 0 aliphatic carbocycles. The number of carbonyl (C=O) groups is 1. The van der Waals surface area contributed by atoms with Crippen LogP contribution in [0.1, 0.15) is 10.4 Å². The van der Waals surface area contributed by atoms with Gasteiger partial charge < -0.3 is 51.5 Å². The van der Waals surface area contributed by atoms with Crippen molar-refractivity contribution in [2.45, 2.75) is 12.1 Å². The minimum absolute atomic E-state index is 0.0627. The molecule has 0 fully saturated rings. The molecule has 0 unspecified atom stereocenters. The van der Waals surface area contributed by atoms with Crippen LogP contribution in [0.2, 0.25) is 0 Å². The van der Waals surface area contributed by atoms with Crippen LogP contribution in [0.5, 0.6) is 23.0 Å². The van der Waals surface area contributed by atoms with E-state index in [9.17, 15) is 20.1 Å². The maximum atomic E-state index is 12.1. The van der Waals surface area contributed by atoms with Gasteiger partial charge in [-0.2, -0.15) is 0 Å². The number of benzene rings is 2. The van der Waals surface area contributed by atoms with Gasteiger partial charge in [-0.25, -0.2) is 4.79 Å². The van der Waals surface area contributed by atoms with Crippen LogP contribution < -0.4 is 48.6 Å². The number of hydrogen-bond donors (Lipinski definition) is 9. The molecule has 0 aromatic heterocycles. The number of rotatable bonds is 7. The van der Waals surface area contributed by atoms with Crippen molar-refractivity contribution in [1.82, 2.24) is 0 Å². The summed E-state index contributed by atoms with van der Waals surface area (Å²) >= 11 is 0. The molecule has 14 nitrogen and oxygen atoms in total. The second-order valence-corrected chi connectivity index (χ2v) is 6.01. The number of anilines is 3. The Morgan fingerprint density at radius 1 is 0.933 bits per heavy atom. The monoisotopic (exact) mass is 426 g/mol. The smallest absolute Gasteiger partial charge is 0.453 e. The SMILES string of the molecule is COC(=O)c1c(N)cc(N)cc1Oc1ccc(OC(N)(N)N)c(N)c1OC(O)(O)O. The van der Waals surface area contributed by atoms with Gasteiger partial charge >= 0.3 is 12.1 Å². The molecule has 0 radical (unpaired) electrons. The number of esters is 1. The number of methoxy groups -OCH3 is 1. The lowest BCUT2D eigenvalue weighted by Crippen LogP contribution is -2.62. The zero-order valence-corrected chi connectivity index (χ0v) is 15.7. The number of nitrogen functional groups attached to an aromatic ring is 3. The molecule has 30 heavy (non-hydrogen) atoms. The molecule has 0 spiro atoms. The van der Waals surface area contributed by atoms with Gasteiger partial charge in [-0.15, -0.1) is 0 Å². The molecule has 0 aliphatic heterocycles. The van der Waals surface area contributed by atoms with E-state index < -0.39 is 29.5 Å². The van der Waals surface area contributed by atoms with E-state index in [1.165, 1.54) is 18.2 Å². The Hall–Kier alpha value is -3.53. The van der Waals surface area contributed by atoms with Crippen LogP contribution in [0.25, 0.3) is 0 Å². The highest BCUT2D eigenvalue weighted by atomic mass is 16.9. The van der Waals surface area contributed by atoms with Gasteiger partial charge in [0.15, 0.2) is 17.2 Å². The van der Waals surface area contributed by atoms with Gasteiger partial charge in [0.05, 0.1) is 12.8 Å². The van der Waals surface area contributed by atoms with Gasteiger partial charge in [-0.05, 0) is 18.2 Å². The van der Waals surface area contributed by atoms with E-state index in [0.29, 0.717) is 0 Å². The average Bonchev–Trinajstić information content (AvgIpc) is 2.57. The van der Waals surface area contributed by atoms with Crippen molar-refractivity contribution < 1.29 is 39.1 Å². The second kappa shape index (κ2) is 8.07. The first-order chi connectivity index (χ1) is 13.7. The van der Waals surface area contributed by atoms with E-state index in [1.54, 1.807) is 0 Å². The number of aliphatic hydroxyl groups is 3. The summed E-state index contributed by atoms with van der Waals surface area (Å²) in [5.74, 6) is -4.41. The Morgan fingerprint density at radius 3 is 2.07 bits per heavy atom. The summed E-state index contributed by atoms with van der Waals surface area (Å²) in [7, 11) is 1.12. The van der Waals surface area contributed by atoms with Crippen molar-refractivity contribution in [1.29, 1.82) is 0 Å². The lowest BCUT2D eigenvalue weighted by Gasteiger charge is -2.25. The molecule has 2 rings (SSSR count). The highest BCUT2D eigenvalue weighted by Crippen LogP contribution is 2.44. The summed E-state index contributed by atoms with van der Waals surface area (Å²) in [5.41, 5.74) is 32.9. The Labute approximate surface area is 169 Å². The minimum atomic E-state index is -3.67.